The highest BCUT2D eigenvalue weighted by molar-refractivity contribution is 7.89. The van der Waals surface area contributed by atoms with Crippen molar-refractivity contribution in [3.63, 3.8) is 0 Å². The summed E-state index contributed by atoms with van der Waals surface area (Å²) in [6.07, 6.45) is 2.72. The van der Waals surface area contributed by atoms with E-state index in [1.165, 1.54) is 11.3 Å². The summed E-state index contributed by atoms with van der Waals surface area (Å²) in [6.45, 7) is 5.26. The molecule has 0 aromatic carbocycles. The zero-order valence-corrected chi connectivity index (χ0v) is 14.1. The Labute approximate surface area is 129 Å². The average molecular weight is 331 g/mol. The van der Waals surface area contributed by atoms with Gasteiger partial charge in [0.2, 0.25) is 10.0 Å². The van der Waals surface area contributed by atoms with Gasteiger partial charge in [-0.2, -0.15) is 0 Å². The molecule has 1 aliphatic carbocycles. The fourth-order valence-corrected chi connectivity index (χ4v) is 5.84. The topological polar surface area (TPSA) is 83.5 Å². The van der Waals surface area contributed by atoms with Crippen LogP contribution >= 0.6 is 11.3 Å². The number of nitrogens with one attached hydrogen (secondary N) is 1. The van der Waals surface area contributed by atoms with E-state index < -0.39 is 27.4 Å². The van der Waals surface area contributed by atoms with Crippen molar-refractivity contribution in [2.45, 2.75) is 57.4 Å². The minimum absolute atomic E-state index is 0.267. The van der Waals surface area contributed by atoms with E-state index >= 15 is 0 Å². The van der Waals surface area contributed by atoms with Crippen molar-refractivity contribution < 1.29 is 18.3 Å². The predicted octanol–water partition coefficient (Wildman–Crippen LogP) is 2.68. The first-order valence-corrected chi connectivity index (χ1v) is 9.29. The van der Waals surface area contributed by atoms with E-state index in [1.54, 1.807) is 19.9 Å². The maximum atomic E-state index is 12.5. The van der Waals surface area contributed by atoms with Gasteiger partial charge in [-0.3, -0.25) is 4.79 Å². The molecule has 1 heterocycles. The van der Waals surface area contributed by atoms with Gasteiger partial charge in [0.1, 0.15) is 0 Å². The first-order valence-electron chi connectivity index (χ1n) is 6.99. The third kappa shape index (κ3) is 3.14. The second-order valence-electron chi connectivity index (χ2n) is 5.92. The van der Waals surface area contributed by atoms with Crippen LogP contribution in [0.5, 0.6) is 0 Å². The van der Waals surface area contributed by atoms with E-state index in [-0.39, 0.29) is 4.90 Å². The molecule has 1 fully saturated rings. The van der Waals surface area contributed by atoms with Crippen molar-refractivity contribution in [1.29, 1.82) is 0 Å². The quantitative estimate of drug-likeness (QED) is 0.888. The molecule has 1 aromatic heterocycles. The van der Waals surface area contributed by atoms with Gasteiger partial charge in [0.05, 0.1) is 10.3 Å². The molecule has 2 N–H and O–H groups in total. The number of sulfonamides is 1. The fourth-order valence-electron chi connectivity index (χ4n) is 2.90. The van der Waals surface area contributed by atoms with Crippen LogP contribution in [0.1, 0.15) is 42.4 Å². The first kappa shape index (κ1) is 16.5. The van der Waals surface area contributed by atoms with Gasteiger partial charge in [-0.25, -0.2) is 13.1 Å². The lowest BCUT2D eigenvalue weighted by molar-refractivity contribution is -0.151. The number of aryl methyl sites for hydroxylation is 2. The normalized spacial score (nSPS) is 26.7. The number of carboxylic acid groups (broad SMARTS) is 1. The van der Waals surface area contributed by atoms with Crippen LogP contribution in [-0.2, 0) is 14.8 Å². The molecule has 0 radical (unpaired) electrons. The Bertz CT molecular complexity index is 650. The van der Waals surface area contributed by atoms with Crippen molar-refractivity contribution in [2.24, 2.45) is 5.41 Å². The molecule has 1 aromatic rings. The SMILES string of the molecule is Cc1cc(S(=O)(=O)NC2CCCCC2(C)C(=O)O)c(C)s1. The first-order chi connectivity index (χ1) is 9.67. The lowest BCUT2D eigenvalue weighted by atomic mass is 9.72. The van der Waals surface area contributed by atoms with Crippen LogP contribution in [0.3, 0.4) is 0 Å². The Morgan fingerprint density at radius 2 is 2.10 bits per heavy atom. The van der Waals surface area contributed by atoms with Crippen LogP contribution < -0.4 is 4.72 Å². The Balaban J connectivity index is 2.31. The zero-order valence-electron chi connectivity index (χ0n) is 12.5. The van der Waals surface area contributed by atoms with Crippen molar-refractivity contribution in [1.82, 2.24) is 4.72 Å². The van der Waals surface area contributed by atoms with Crippen molar-refractivity contribution in [3.05, 3.63) is 15.8 Å². The molecule has 2 atom stereocenters. The third-order valence-corrected chi connectivity index (χ3v) is 6.97. The molecule has 1 aliphatic rings. The largest absolute Gasteiger partial charge is 0.481 e. The molecule has 2 unspecified atom stereocenters. The summed E-state index contributed by atoms with van der Waals surface area (Å²) in [5, 5.41) is 9.46. The van der Waals surface area contributed by atoms with Crippen LogP contribution in [0.25, 0.3) is 0 Å². The highest BCUT2D eigenvalue weighted by atomic mass is 32.2. The molecule has 0 spiro atoms. The van der Waals surface area contributed by atoms with Gasteiger partial charge in [0, 0.05) is 15.8 Å². The molecular weight excluding hydrogens is 310 g/mol. The predicted molar refractivity (Wildman–Crippen MR) is 82.1 cm³/mol. The van der Waals surface area contributed by atoms with Gasteiger partial charge >= 0.3 is 5.97 Å². The van der Waals surface area contributed by atoms with E-state index in [2.05, 4.69) is 4.72 Å². The molecular formula is C14H21NO4S2. The van der Waals surface area contributed by atoms with Gasteiger partial charge in [-0.05, 0) is 39.7 Å². The van der Waals surface area contributed by atoms with Crippen molar-refractivity contribution in [2.75, 3.05) is 0 Å². The number of hydrogen-bond acceptors (Lipinski definition) is 4. The molecule has 1 saturated carbocycles. The summed E-state index contributed by atoms with van der Waals surface area (Å²) in [7, 11) is -3.68. The highest BCUT2D eigenvalue weighted by Crippen LogP contribution is 2.37. The average Bonchev–Trinajstić information content (AvgIpc) is 2.72. The van der Waals surface area contributed by atoms with Gasteiger partial charge < -0.3 is 5.11 Å². The Morgan fingerprint density at radius 3 is 2.62 bits per heavy atom. The van der Waals surface area contributed by atoms with Gasteiger partial charge in [-0.1, -0.05) is 12.8 Å². The van der Waals surface area contributed by atoms with Crippen molar-refractivity contribution >= 4 is 27.3 Å². The van der Waals surface area contributed by atoms with E-state index in [0.717, 1.165) is 22.6 Å². The van der Waals surface area contributed by atoms with Crippen LogP contribution in [0, 0.1) is 19.3 Å². The number of carbonyl (C=O) groups is 1. The molecule has 0 bridgehead atoms. The molecule has 0 amide bonds. The molecule has 0 saturated heterocycles. The molecule has 7 heteroatoms. The minimum Gasteiger partial charge on any atom is -0.481 e. The van der Waals surface area contributed by atoms with Crippen LogP contribution in [-0.4, -0.2) is 25.5 Å². The highest BCUT2D eigenvalue weighted by Gasteiger charge is 2.45. The van der Waals surface area contributed by atoms with E-state index in [4.69, 9.17) is 0 Å². The molecule has 21 heavy (non-hydrogen) atoms. The minimum atomic E-state index is -3.68. The summed E-state index contributed by atoms with van der Waals surface area (Å²) in [5.74, 6) is -0.937. The molecule has 5 nitrogen and oxygen atoms in total. The number of thiophene rings is 1. The lowest BCUT2D eigenvalue weighted by Crippen LogP contribution is -2.52. The maximum Gasteiger partial charge on any atom is 0.310 e. The summed E-state index contributed by atoms with van der Waals surface area (Å²) < 4.78 is 27.7. The second kappa shape index (κ2) is 5.70. The molecule has 0 aliphatic heterocycles. The summed E-state index contributed by atoms with van der Waals surface area (Å²) in [6, 6.07) is 1.08. The number of aliphatic carboxylic acids is 1. The van der Waals surface area contributed by atoms with Crippen LogP contribution in [0.2, 0.25) is 0 Å². The lowest BCUT2D eigenvalue weighted by Gasteiger charge is -2.38. The molecule has 118 valence electrons. The third-order valence-electron chi connectivity index (χ3n) is 4.28. The van der Waals surface area contributed by atoms with Gasteiger partial charge in [0.25, 0.3) is 0 Å². The number of rotatable bonds is 4. The fraction of sp³-hybridized carbons (Fsp3) is 0.643. The zero-order chi connectivity index (χ0) is 15.8. The van der Waals surface area contributed by atoms with Crippen molar-refractivity contribution in [3.8, 4) is 0 Å². The van der Waals surface area contributed by atoms with Gasteiger partial charge in [0.15, 0.2) is 0 Å². The smallest absolute Gasteiger partial charge is 0.310 e. The standard InChI is InChI=1S/C14H21NO4S2/c1-9-8-11(10(2)20-9)21(18,19)15-12-6-4-5-7-14(12,3)13(16)17/h8,12,15H,4-7H2,1-3H3,(H,16,17). The Kier molecular flexibility index (Phi) is 4.46. The summed E-state index contributed by atoms with van der Waals surface area (Å²) >= 11 is 1.43. The van der Waals surface area contributed by atoms with E-state index in [9.17, 15) is 18.3 Å². The monoisotopic (exact) mass is 331 g/mol. The summed E-state index contributed by atoms with van der Waals surface area (Å²) in [5.41, 5.74) is -1.04. The van der Waals surface area contributed by atoms with Gasteiger partial charge in [-0.15, -0.1) is 11.3 Å². The van der Waals surface area contributed by atoms with E-state index in [0.29, 0.717) is 12.8 Å². The molecule has 2 rings (SSSR count). The Hall–Kier alpha value is -0.920. The van der Waals surface area contributed by atoms with Crippen LogP contribution in [0.4, 0.5) is 0 Å². The number of carboxylic acids is 1. The van der Waals surface area contributed by atoms with Crippen LogP contribution in [0.15, 0.2) is 11.0 Å². The van der Waals surface area contributed by atoms with E-state index in [1.807, 2.05) is 6.92 Å². The number of hydrogen-bond donors (Lipinski definition) is 2. The maximum absolute atomic E-state index is 12.5. The second-order valence-corrected chi connectivity index (χ2v) is 9.06. The Morgan fingerprint density at radius 1 is 1.43 bits per heavy atom. The summed E-state index contributed by atoms with van der Waals surface area (Å²) in [4.78, 5) is 13.5.